The summed E-state index contributed by atoms with van der Waals surface area (Å²) in [6.07, 6.45) is 4.93. The molecular weight excluding hydrogens is 252 g/mol. The Morgan fingerprint density at radius 2 is 1.95 bits per heavy atom. The SMILES string of the molecule is NC(Cc1ccccc1)C(=O)N(CCO)C1CCCC1. The van der Waals surface area contributed by atoms with Crippen molar-refractivity contribution in [3.8, 4) is 0 Å². The largest absolute Gasteiger partial charge is 0.395 e. The topological polar surface area (TPSA) is 66.6 Å². The van der Waals surface area contributed by atoms with E-state index in [1.165, 1.54) is 0 Å². The van der Waals surface area contributed by atoms with Crippen LogP contribution in [0.25, 0.3) is 0 Å². The second-order valence-corrected chi connectivity index (χ2v) is 5.49. The number of amides is 1. The molecule has 1 aliphatic rings. The van der Waals surface area contributed by atoms with Gasteiger partial charge in [-0.3, -0.25) is 4.79 Å². The zero-order valence-corrected chi connectivity index (χ0v) is 11.9. The molecule has 1 aromatic carbocycles. The van der Waals surface area contributed by atoms with Gasteiger partial charge in [0, 0.05) is 12.6 Å². The average molecular weight is 276 g/mol. The van der Waals surface area contributed by atoms with Crippen LogP contribution >= 0.6 is 0 Å². The van der Waals surface area contributed by atoms with Gasteiger partial charge in [-0.1, -0.05) is 43.2 Å². The van der Waals surface area contributed by atoms with E-state index in [0.717, 1.165) is 31.2 Å². The van der Waals surface area contributed by atoms with Crippen LogP contribution in [0.3, 0.4) is 0 Å². The quantitative estimate of drug-likeness (QED) is 0.823. The molecule has 0 aromatic heterocycles. The van der Waals surface area contributed by atoms with E-state index in [4.69, 9.17) is 5.73 Å². The smallest absolute Gasteiger partial charge is 0.240 e. The maximum atomic E-state index is 12.5. The van der Waals surface area contributed by atoms with E-state index in [9.17, 15) is 9.90 Å². The van der Waals surface area contributed by atoms with Gasteiger partial charge in [-0.15, -0.1) is 0 Å². The fraction of sp³-hybridized carbons (Fsp3) is 0.562. The van der Waals surface area contributed by atoms with Crippen LogP contribution in [0, 0.1) is 0 Å². The minimum atomic E-state index is -0.524. The predicted octanol–water partition coefficient (Wildman–Crippen LogP) is 1.32. The van der Waals surface area contributed by atoms with E-state index in [-0.39, 0.29) is 18.6 Å². The molecule has 0 radical (unpaired) electrons. The van der Waals surface area contributed by atoms with Gasteiger partial charge in [-0.05, 0) is 24.8 Å². The van der Waals surface area contributed by atoms with Crippen molar-refractivity contribution in [3.05, 3.63) is 35.9 Å². The Balaban J connectivity index is 1.99. The Morgan fingerprint density at radius 1 is 1.30 bits per heavy atom. The van der Waals surface area contributed by atoms with Crippen molar-refractivity contribution in [3.63, 3.8) is 0 Å². The van der Waals surface area contributed by atoms with Crippen LogP contribution in [-0.2, 0) is 11.2 Å². The standard InChI is InChI=1S/C16H24N2O2/c17-15(12-13-6-2-1-3-7-13)16(20)18(10-11-19)14-8-4-5-9-14/h1-3,6-7,14-15,19H,4-5,8-12,17H2. The van der Waals surface area contributed by atoms with Crippen LogP contribution in [0.5, 0.6) is 0 Å². The molecule has 1 saturated carbocycles. The highest BCUT2D eigenvalue weighted by molar-refractivity contribution is 5.82. The van der Waals surface area contributed by atoms with Gasteiger partial charge in [0.05, 0.1) is 12.6 Å². The third kappa shape index (κ3) is 3.81. The number of nitrogens with zero attached hydrogens (tertiary/aromatic N) is 1. The van der Waals surface area contributed by atoms with Crippen molar-refractivity contribution in [2.45, 2.75) is 44.2 Å². The van der Waals surface area contributed by atoms with Gasteiger partial charge in [0.15, 0.2) is 0 Å². The molecule has 1 fully saturated rings. The zero-order valence-electron chi connectivity index (χ0n) is 11.9. The van der Waals surface area contributed by atoms with Gasteiger partial charge >= 0.3 is 0 Å². The van der Waals surface area contributed by atoms with Gasteiger partial charge in [0.25, 0.3) is 0 Å². The number of aliphatic hydroxyl groups excluding tert-OH is 1. The van der Waals surface area contributed by atoms with E-state index in [2.05, 4.69) is 0 Å². The number of carbonyl (C=O) groups excluding carboxylic acids is 1. The van der Waals surface area contributed by atoms with Crippen molar-refractivity contribution < 1.29 is 9.90 Å². The first-order valence-electron chi connectivity index (χ1n) is 7.43. The van der Waals surface area contributed by atoms with Gasteiger partial charge in [0.2, 0.25) is 5.91 Å². The summed E-state index contributed by atoms with van der Waals surface area (Å²) in [7, 11) is 0. The highest BCUT2D eigenvalue weighted by Crippen LogP contribution is 2.24. The first kappa shape index (κ1) is 15.0. The highest BCUT2D eigenvalue weighted by atomic mass is 16.3. The van der Waals surface area contributed by atoms with Gasteiger partial charge in [-0.25, -0.2) is 0 Å². The number of hydrogen-bond acceptors (Lipinski definition) is 3. The monoisotopic (exact) mass is 276 g/mol. The molecule has 110 valence electrons. The molecule has 1 atom stereocenters. The van der Waals surface area contributed by atoms with Gasteiger partial charge < -0.3 is 15.7 Å². The van der Waals surface area contributed by atoms with Crippen LogP contribution in [0.2, 0.25) is 0 Å². The summed E-state index contributed by atoms with van der Waals surface area (Å²) in [5.74, 6) is -0.0326. The molecule has 3 N–H and O–H groups in total. The Morgan fingerprint density at radius 3 is 2.55 bits per heavy atom. The molecule has 1 aromatic rings. The van der Waals surface area contributed by atoms with Crippen LogP contribution in [-0.4, -0.2) is 41.1 Å². The van der Waals surface area contributed by atoms with Gasteiger partial charge in [-0.2, -0.15) is 0 Å². The van der Waals surface area contributed by atoms with Crippen molar-refractivity contribution in [1.29, 1.82) is 0 Å². The fourth-order valence-electron chi connectivity index (χ4n) is 2.96. The Labute approximate surface area is 120 Å². The maximum Gasteiger partial charge on any atom is 0.240 e. The number of aliphatic hydroxyl groups is 1. The van der Waals surface area contributed by atoms with Crippen molar-refractivity contribution in [1.82, 2.24) is 4.90 Å². The summed E-state index contributed by atoms with van der Waals surface area (Å²) >= 11 is 0. The Hall–Kier alpha value is -1.39. The fourth-order valence-corrected chi connectivity index (χ4v) is 2.96. The number of benzene rings is 1. The van der Waals surface area contributed by atoms with E-state index < -0.39 is 6.04 Å². The maximum absolute atomic E-state index is 12.5. The lowest BCUT2D eigenvalue weighted by molar-refractivity contribution is -0.135. The molecular formula is C16H24N2O2. The summed E-state index contributed by atoms with van der Waals surface area (Å²) < 4.78 is 0. The molecule has 4 nitrogen and oxygen atoms in total. The number of rotatable bonds is 6. The lowest BCUT2D eigenvalue weighted by Gasteiger charge is -2.30. The second-order valence-electron chi connectivity index (χ2n) is 5.49. The van der Waals surface area contributed by atoms with Crippen LogP contribution < -0.4 is 5.73 Å². The Kier molecular flexibility index (Phi) is 5.56. The minimum absolute atomic E-state index is 0.000295. The Bertz CT molecular complexity index is 416. The highest BCUT2D eigenvalue weighted by Gasteiger charge is 2.29. The molecule has 20 heavy (non-hydrogen) atoms. The molecule has 1 aliphatic carbocycles. The van der Waals surface area contributed by atoms with Crippen molar-refractivity contribution in [2.75, 3.05) is 13.2 Å². The molecule has 0 bridgehead atoms. The molecule has 0 spiro atoms. The van der Waals surface area contributed by atoms with E-state index >= 15 is 0 Å². The van der Waals surface area contributed by atoms with Crippen molar-refractivity contribution in [2.24, 2.45) is 5.73 Å². The zero-order chi connectivity index (χ0) is 14.4. The molecule has 0 saturated heterocycles. The first-order valence-corrected chi connectivity index (χ1v) is 7.43. The summed E-state index contributed by atoms with van der Waals surface area (Å²) in [4.78, 5) is 14.3. The predicted molar refractivity (Wildman–Crippen MR) is 79.2 cm³/mol. The summed E-state index contributed by atoms with van der Waals surface area (Å²) in [6.45, 7) is 0.395. The number of nitrogens with two attached hydrogens (primary N) is 1. The molecule has 1 amide bonds. The molecule has 1 unspecified atom stereocenters. The van der Waals surface area contributed by atoms with Crippen LogP contribution in [0.15, 0.2) is 30.3 Å². The number of carbonyl (C=O) groups is 1. The normalized spacial score (nSPS) is 17.1. The molecule has 2 rings (SSSR count). The van der Waals surface area contributed by atoms with Crippen LogP contribution in [0.4, 0.5) is 0 Å². The average Bonchev–Trinajstić information content (AvgIpc) is 2.99. The van der Waals surface area contributed by atoms with E-state index in [1.807, 2.05) is 30.3 Å². The lowest BCUT2D eigenvalue weighted by atomic mass is 10.0. The van der Waals surface area contributed by atoms with E-state index in [1.54, 1.807) is 4.90 Å². The summed E-state index contributed by atoms with van der Waals surface area (Å²) in [6, 6.07) is 9.57. The molecule has 4 heteroatoms. The summed E-state index contributed by atoms with van der Waals surface area (Å²) in [5.41, 5.74) is 7.15. The first-order chi connectivity index (χ1) is 9.72. The van der Waals surface area contributed by atoms with Gasteiger partial charge in [0.1, 0.15) is 0 Å². The second kappa shape index (κ2) is 7.41. The molecule has 0 aliphatic heterocycles. The number of hydrogen-bond donors (Lipinski definition) is 2. The summed E-state index contributed by atoms with van der Waals surface area (Å²) in [5, 5.41) is 9.18. The molecule has 0 heterocycles. The third-order valence-electron chi connectivity index (χ3n) is 4.01. The minimum Gasteiger partial charge on any atom is -0.395 e. The van der Waals surface area contributed by atoms with Crippen molar-refractivity contribution >= 4 is 5.91 Å². The van der Waals surface area contributed by atoms with E-state index in [0.29, 0.717) is 13.0 Å². The van der Waals surface area contributed by atoms with Crippen LogP contribution in [0.1, 0.15) is 31.2 Å². The third-order valence-corrected chi connectivity index (χ3v) is 4.01. The lowest BCUT2D eigenvalue weighted by Crippen LogP contribution is -2.49.